The highest BCUT2D eigenvalue weighted by Gasteiger charge is 2.44. The molecule has 3 rings (SSSR count). The van der Waals surface area contributed by atoms with Crippen LogP contribution >= 0.6 is 12.2 Å². The van der Waals surface area contributed by atoms with Gasteiger partial charge in [0.1, 0.15) is 34.8 Å². The van der Waals surface area contributed by atoms with Crippen LogP contribution in [0.25, 0.3) is 0 Å². The van der Waals surface area contributed by atoms with Crippen molar-refractivity contribution in [2.45, 2.75) is 24.5 Å². The molecular weight excluding hydrogens is 284 g/mol. The number of hydrogen-bond acceptors (Lipinski definition) is 7. The van der Waals surface area contributed by atoms with Gasteiger partial charge in [-0.1, -0.05) is 12.2 Å². The molecule has 1 saturated heterocycles. The van der Waals surface area contributed by atoms with Gasteiger partial charge < -0.3 is 30.3 Å². The number of hydrogen-bond donors (Lipinski definition) is 4. The molecule has 3 heterocycles. The van der Waals surface area contributed by atoms with Crippen molar-refractivity contribution < 1.29 is 20.1 Å². The fraction of sp³-hybridized carbons (Fsp3) is 0.636. The topological polar surface area (TPSA) is 103 Å². The lowest BCUT2D eigenvalue weighted by Gasteiger charge is -2.28. The molecule has 8 nitrogen and oxygen atoms in total. The highest BCUT2D eigenvalue weighted by Crippen LogP contribution is 2.33. The predicted molar refractivity (Wildman–Crippen MR) is 73.2 cm³/mol. The van der Waals surface area contributed by atoms with E-state index in [2.05, 4.69) is 10.3 Å². The van der Waals surface area contributed by atoms with Gasteiger partial charge in [-0.15, -0.1) is 0 Å². The molecule has 0 aliphatic carbocycles. The van der Waals surface area contributed by atoms with Crippen LogP contribution in [0.3, 0.4) is 0 Å². The van der Waals surface area contributed by atoms with E-state index in [-0.39, 0.29) is 6.61 Å². The van der Waals surface area contributed by atoms with Crippen LogP contribution in [0.1, 0.15) is 11.9 Å². The average molecular weight is 300 g/mol. The van der Waals surface area contributed by atoms with Crippen LogP contribution in [0, 0.1) is 0 Å². The molecule has 0 aromatic carbocycles. The smallest absolute Gasteiger partial charge is 0.165 e. The number of imidazole rings is 1. The Bertz CT molecular complexity index is 536. The molecule has 0 spiro atoms. The molecule has 4 N–H and O–H groups in total. The second-order valence-electron chi connectivity index (χ2n) is 4.92. The predicted octanol–water partition coefficient (Wildman–Crippen LogP) is -1.52. The van der Waals surface area contributed by atoms with Gasteiger partial charge in [-0.05, 0) is 0 Å². The summed E-state index contributed by atoms with van der Waals surface area (Å²) in [5.41, 5.74) is 0.603. The largest absolute Gasteiger partial charge is 0.394 e. The van der Waals surface area contributed by atoms with Gasteiger partial charge in [0.05, 0.1) is 19.6 Å². The van der Waals surface area contributed by atoms with Gasteiger partial charge in [-0.3, -0.25) is 4.57 Å². The van der Waals surface area contributed by atoms with Crippen LogP contribution in [0.15, 0.2) is 6.33 Å². The van der Waals surface area contributed by atoms with Gasteiger partial charge in [0.25, 0.3) is 0 Å². The molecule has 110 valence electrons. The fourth-order valence-corrected chi connectivity index (χ4v) is 2.66. The highest BCUT2D eigenvalue weighted by molar-refractivity contribution is 7.80. The molecule has 2 aliphatic rings. The molecule has 1 aromatic rings. The Balaban J connectivity index is 1.93. The summed E-state index contributed by atoms with van der Waals surface area (Å²) in [6.07, 6.45) is -2.39. The lowest BCUT2D eigenvalue weighted by Crippen LogP contribution is -2.37. The van der Waals surface area contributed by atoms with Gasteiger partial charge in [0.15, 0.2) is 6.23 Å². The quantitative estimate of drug-likeness (QED) is 0.489. The Labute approximate surface area is 120 Å². The summed E-state index contributed by atoms with van der Waals surface area (Å²) in [7, 11) is 1.85. The first-order valence-corrected chi connectivity index (χ1v) is 6.64. The first-order valence-electron chi connectivity index (χ1n) is 6.23. The summed E-state index contributed by atoms with van der Waals surface area (Å²) in [4.78, 5) is 6.67. The number of ether oxygens (including phenoxy) is 1. The summed E-state index contributed by atoms with van der Waals surface area (Å²) in [6, 6.07) is 0. The molecule has 0 saturated carbocycles. The maximum absolute atomic E-state index is 10.0. The van der Waals surface area contributed by atoms with Gasteiger partial charge in [-0.25, -0.2) is 4.98 Å². The summed E-state index contributed by atoms with van der Waals surface area (Å²) in [5, 5.41) is 32.1. The van der Waals surface area contributed by atoms with Gasteiger partial charge in [0.2, 0.25) is 0 Å². The Morgan fingerprint density at radius 3 is 2.90 bits per heavy atom. The van der Waals surface area contributed by atoms with Crippen molar-refractivity contribution in [2.75, 3.05) is 25.6 Å². The van der Waals surface area contributed by atoms with Crippen LogP contribution in [-0.4, -0.2) is 73.4 Å². The third kappa shape index (κ3) is 1.90. The monoisotopic (exact) mass is 300 g/mol. The minimum atomic E-state index is -1.14. The first kappa shape index (κ1) is 13.7. The van der Waals surface area contributed by atoms with E-state index < -0.39 is 24.5 Å². The Morgan fingerprint density at radius 1 is 1.50 bits per heavy atom. The average Bonchev–Trinajstić information content (AvgIpc) is 2.98. The number of nitrogens with one attached hydrogen (secondary N) is 1. The Kier molecular flexibility index (Phi) is 3.38. The van der Waals surface area contributed by atoms with Crippen LogP contribution in [0.5, 0.6) is 0 Å². The van der Waals surface area contributed by atoms with E-state index in [0.29, 0.717) is 23.2 Å². The molecular formula is C11H16N4O4S. The minimum Gasteiger partial charge on any atom is -0.394 e. The normalized spacial score (nSPS) is 33.2. The zero-order chi connectivity index (χ0) is 14.4. The molecule has 9 heteroatoms. The third-order valence-corrected chi connectivity index (χ3v) is 4.12. The van der Waals surface area contributed by atoms with E-state index in [1.807, 2.05) is 11.9 Å². The third-order valence-electron chi connectivity index (χ3n) is 3.62. The molecule has 0 bridgehead atoms. The number of anilines is 1. The number of thiocarbonyl (C=S) groups is 1. The van der Waals surface area contributed by atoms with Crippen molar-refractivity contribution in [3.63, 3.8) is 0 Å². The lowest BCUT2D eigenvalue weighted by molar-refractivity contribution is -0.0519. The molecule has 2 aliphatic heterocycles. The lowest BCUT2D eigenvalue weighted by atomic mass is 10.1. The van der Waals surface area contributed by atoms with Crippen LogP contribution in [0.2, 0.25) is 0 Å². The molecule has 20 heavy (non-hydrogen) atoms. The van der Waals surface area contributed by atoms with Crippen molar-refractivity contribution in [1.29, 1.82) is 0 Å². The van der Waals surface area contributed by atoms with Crippen LogP contribution < -0.4 is 5.32 Å². The van der Waals surface area contributed by atoms with E-state index in [1.54, 1.807) is 4.57 Å². The molecule has 0 unspecified atom stereocenters. The SMILES string of the molecule is CN1CNc2c(ncn2[C@@H]2O[C@H](CO)[C@@H](O)[C@H]2O)C1=S. The summed E-state index contributed by atoms with van der Waals surface area (Å²) in [5.74, 6) is 0.642. The van der Waals surface area contributed by atoms with Crippen molar-refractivity contribution in [3.05, 3.63) is 12.0 Å². The summed E-state index contributed by atoms with van der Waals surface area (Å²) >= 11 is 5.29. The van der Waals surface area contributed by atoms with Crippen molar-refractivity contribution >= 4 is 23.0 Å². The number of rotatable bonds is 2. The Hall–Kier alpha value is -1.26. The zero-order valence-electron chi connectivity index (χ0n) is 10.8. The molecule has 0 amide bonds. The molecule has 0 radical (unpaired) electrons. The number of aliphatic hydroxyl groups excluding tert-OH is 3. The number of aliphatic hydroxyl groups is 3. The fourth-order valence-electron chi connectivity index (χ4n) is 2.44. The van der Waals surface area contributed by atoms with Crippen LogP contribution in [0.4, 0.5) is 5.82 Å². The van der Waals surface area contributed by atoms with Crippen molar-refractivity contribution in [3.8, 4) is 0 Å². The zero-order valence-corrected chi connectivity index (χ0v) is 11.6. The maximum atomic E-state index is 10.0. The highest BCUT2D eigenvalue weighted by atomic mass is 32.1. The van der Waals surface area contributed by atoms with Crippen molar-refractivity contribution in [2.24, 2.45) is 0 Å². The number of fused-ring (bicyclic) bond motifs is 1. The summed E-state index contributed by atoms with van der Waals surface area (Å²) < 4.78 is 7.08. The number of aromatic nitrogens is 2. The van der Waals surface area contributed by atoms with Gasteiger partial charge >= 0.3 is 0 Å². The van der Waals surface area contributed by atoms with E-state index in [9.17, 15) is 10.2 Å². The van der Waals surface area contributed by atoms with Gasteiger partial charge in [-0.2, -0.15) is 0 Å². The van der Waals surface area contributed by atoms with E-state index in [4.69, 9.17) is 22.1 Å². The van der Waals surface area contributed by atoms with E-state index >= 15 is 0 Å². The molecule has 1 fully saturated rings. The minimum absolute atomic E-state index is 0.361. The standard InChI is InChI=1S/C11H16N4O4S/c1-14-3-13-9-6(11(14)20)12-4-15(9)10-8(18)7(17)5(2-16)19-10/h4-5,7-8,10,13,16-18H,2-3H2,1H3/t5-,7-,8-,10-/m1/s1. The van der Waals surface area contributed by atoms with E-state index in [1.165, 1.54) is 6.33 Å². The maximum Gasteiger partial charge on any atom is 0.165 e. The second-order valence-corrected chi connectivity index (χ2v) is 5.30. The van der Waals surface area contributed by atoms with Crippen LogP contribution in [-0.2, 0) is 4.74 Å². The number of nitrogens with zero attached hydrogens (tertiary/aromatic N) is 3. The molecule has 1 aromatic heterocycles. The van der Waals surface area contributed by atoms with Crippen molar-refractivity contribution in [1.82, 2.24) is 14.5 Å². The summed E-state index contributed by atoms with van der Waals surface area (Å²) in [6.45, 7) is 0.159. The second kappa shape index (κ2) is 4.93. The van der Waals surface area contributed by atoms with Gasteiger partial charge in [0, 0.05) is 7.05 Å². The Morgan fingerprint density at radius 2 is 2.25 bits per heavy atom. The van der Waals surface area contributed by atoms with E-state index in [0.717, 1.165) is 0 Å². The first-order chi connectivity index (χ1) is 9.54. The molecule has 4 atom stereocenters.